The number of aromatic nitrogens is 2. The summed E-state index contributed by atoms with van der Waals surface area (Å²) in [5.41, 5.74) is 8.33. The molecule has 1 aromatic heterocycles. The van der Waals surface area contributed by atoms with Crippen LogP contribution in [0.4, 0.5) is 0 Å². The Labute approximate surface area is 110 Å². The van der Waals surface area contributed by atoms with Crippen LogP contribution in [0.25, 0.3) is 0 Å². The summed E-state index contributed by atoms with van der Waals surface area (Å²) in [7, 11) is 2.00. The molecule has 5 heteroatoms. The second-order valence-electron chi connectivity index (χ2n) is 4.83. The molecule has 0 bridgehead atoms. The summed E-state index contributed by atoms with van der Waals surface area (Å²) in [4.78, 5) is 2.51. The lowest BCUT2D eigenvalue weighted by Crippen LogP contribution is -2.35. The quantitative estimate of drug-likeness (QED) is 0.890. The van der Waals surface area contributed by atoms with Crippen LogP contribution in [0.5, 0.6) is 0 Å². The Morgan fingerprint density at radius 3 is 2.53 bits per heavy atom. The lowest BCUT2D eigenvalue weighted by atomic mass is 9.97. The zero-order valence-electron chi connectivity index (χ0n) is 10.7. The van der Waals surface area contributed by atoms with Gasteiger partial charge in [0.1, 0.15) is 0 Å². The molecule has 2 N–H and O–H groups in total. The molecule has 1 aromatic rings. The van der Waals surface area contributed by atoms with Gasteiger partial charge in [0.05, 0.1) is 6.20 Å². The van der Waals surface area contributed by atoms with Crippen molar-refractivity contribution in [2.24, 2.45) is 18.7 Å². The van der Waals surface area contributed by atoms with Crippen LogP contribution < -0.4 is 5.73 Å². The van der Waals surface area contributed by atoms with Gasteiger partial charge in [-0.2, -0.15) is 5.10 Å². The van der Waals surface area contributed by atoms with E-state index in [9.17, 15) is 0 Å². The first-order valence-corrected chi connectivity index (χ1v) is 6.10. The third-order valence-corrected chi connectivity index (χ3v) is 3.77. The molecule has 4 nitrogen and oxygen atoms in total. The molecule has 0 aliphatic carbocycles. The fourth-order valence-electron chi connectivity index (χ4n) is 2.32. The monoisotopic (exact) mass is 258 g/mol. The highest BCUT2D eigenvalue weighted by Crippen LogP contribution is 2.18. The maximum absolute atomic E-state index is 5.70. The van der Waals surface area contributed by atoms with Crippen LogP contribution in [0.2, 0.25) is 0 Å². The average molecular weight is 259 g/mol. The van der Waals surface area contributed by atoms with Crippen LogP contribution in [0.3, 0.4) is 0 Å². The van der Waals surface area contributed by atoms with E-state index in [1.165, 1.54) is 37.2 Å². The number of nitrogens with zero attached hydrogens (tertiary/aromatic N) is 3. The van der Waals surface area contributed by atoms with Crippen molar-refractivity contribution in [3.63, 3.8) is 0 Å². The summed E-state index contributed by atoms with van der Waals surface area (Å²) >= 11 is 0. The van der Waals surface area contributed by atoms with Gasteiger partial charge in [-0.05, 0) is 45.3 Å². The normalized spacial score (nSPS) is 18.1. The van der Waals surface area contributed by atoms with Gasteiger partial charge in [0.15, 0.2) is 0 Å². The highest BCUT2D eigenvalue weighted by molar-refractivity contribution is 5.85. The van der Waals surface area contributed by atoms with Gasteiger partial charge in [0.2, 0.25) is 0 Å². The van der Waals surface area contributed by atoms with Gasteiger partial charge in [0, 0.05) is 24.8 Å². The largest absolute Gasteiger partial charge is 0.330 e. The summed E-state index contributed by atoms with van der Waals surface area (Å²) in [6, 6.07) is 0. The minimum atomic E-state index is 0. The minimum absolute atomic E-state index is 0. The molecule has 0 atom stereocenters. The Bertz CT molecular complexity index is 342. The molecule has 0 unspecified atom stereocenters. The van der Waals surface area contributed by atoms with Crippen molar-refractivity contribution in [2.75, 3.05) is 19.6 Å². The summed E-state index contributed by atoms with van der Waals surface area (Å²) in [6.07, 6.45) is 4.48. The lowest BCUT2D eigenvalue weighted by Gasteiger charge is -2.31. The molecule has 0 aromatic carbocycles. The number of rotatable bonds is 3. The summed E-state index contributed by atoms with van der Waals surface area (Å²) in [5, 5.41) is 4.28. The van der Waals surface area contributed by atoms with Crippen molar-refractivity contribution in [1.29, 1.82) is 0 Å². The van der Waals surface area contributed by atoms with Crippen molar-refractivity contribution < 1.29 is 0 Å². The van der Waals surface area contributed by atoms with Gasteiger partial charge < -0.3 is 5.73 Å². The Kier molecular flexibility index (Phi) is 5.43. The maximum atomic E-state index is 5.70. The van der Waals surface area contributed by atoms with Gasteiger partial charge in [-0.25, -0.2) is 0 Å². The topological polar surface area (TPSA) is 47.1 Å². The maximum Gasteiger partial charge on any atom is 0.0537 e. The Morgan fingerprint density at radius 1 is 1.41 bits per heavy atom. The highest BCUT2D eigenvalue weighted by atomic mass is 35.5. The van der Waals surface area contributed by atoms with E-state index in [-0.39, 0.29) is 12.4 Å². The fourth-order valence-corrected chi connectivity index (χ4v) is 2.32. The molecule has 0 amide bonds. The SMILES string of the molecule is Cc1c(CN2CCC(CN)CC2)cnn1C.Cl. The molecule has 98 valence electrons. The fraction of sp³-hybridized carbons (Fsp3) is 0.750. The highest BCUT2D eigenvalue weighted by Gasteiger charge is 2.18. The van der Waals surface area contributed by atoms with Crippen LogP contribution >= 0.6 is 12.4 Å². The molecule has 2 rings (SSSR count). The summed E-state index contributed by atoms with van der Waals surface area (Å²) < 4.78 is 1.95. The van der Waals surface area contributed by atoms with Crippen LogP contribution in [-0.4, -0.2) is 34.3 Å². The number of aryl methyl sites for hydroxylation is 1. The third-order valence-electron chi connectivity index (χ3n) is 3.77. The molecule has 0 spiro atoms. The van der Waals surface area contributed by atoms with Crippen LogP contribution in [0, 0.1) is 12.8 Å². The smallest absolute Gasteiger partial charge is 0.0537 e. The molecular formula is C12H23ClN4. The van der Waals surface area contributed by atoms with Gasteiger partial charge in [0.25, 0.3) is 0 Å². The van der Waals surface area contributed by atoms with Crippen molar-refractivity contribution >= 4 is 12.4 Å². The molecule has 1 saturated heterocycles. The number of piperidine rings is 1. The number of nitrogens with two attached hydrogens (primary N) is 1. The first-order chi connectivity index (χ1) is 7.70. The molecular weight excluding hydrogens is 236 g/mol. The first-order valence-electron chi connectivity index (χ1n) is 6.10. The minimum Gasteiger partial charge on any atom is -0.330 e. The predicted molar refractivity (Wildman–Crippen MR) is 72.2 cm³/mol. The van der Waals surface area contributed by atoms with E-state index in [1.807, 2.05) is 17.9 Å². The van der Waals surface area contributed by atoms with Crippen molar-refractivity contribution in [2.45, 2.75) is 26.3 Å². The van der Waals surface area contributed by atoms with E-state index in [0.717, 1.165) is 19.0 Å². The van der Waals surface area contributed by atoms with E-state index in [2.05, 4.69) is 16.9 Å². The number of halogens is 1. The van der Waals surface area contributed by atoms with Crippen LogP contribution in [0.1, 0.15) is 24.1 Å². The standard InChI is InChI=1S/C12H22N4.ClH/c1-10-12(8-14-15(10)2)9-16-5-3-11(7-13)4-6-16;/h8,11H,3-7,9,13H2,1-2H3;1H. The zero-order chi connectivity index (χ0) is 11.5. The van der Waals surface area contributed by atoms with Crippen molar-refractivity contribution in [3.05, 3.63) is 17.5 Å². The molecule has 17 heavy (non-hydrogen) atoms. The number of hydrogen-bond donors (Lipinski definition) is 1. The molecule has 1 aliphatic heterocycles. The van der Waals surface area contributed by atoms with Crippen LogP contribution in [-0.2, 0) is 13.6 Å². The Hall–Kier alpha value is -0.580. The molecule has 2 heterocycles. The van der Waals surface area contributed by atoms with Crippen molar-refractivity contribution in [1.82, 2.24) is 14.7 Å². The third kappa shape index (κ3) is 3.44. The number of hydrogen-bond acceptors (Lipinski definition) is 3. The summed E-state index contributed by atoms with van der Waals surface area (Å²) in [5.74, 6) is 0.742. The zero-order valence-corrected chi connectivity index (χ0v) is 11.5. The molecule has 0 saturated carbocycles. The average Bonchev–Trinajstić information content (AvgIpc) is 2.62. The molecule has 1 aliphatic rings. The first kappa shape index (κ1) is 14.5. The molecule has 0 radical (unpaired) electrons. The van der Waals surface area contributed by atoms with E-state index in [4.69, 9.17) is 5.73 Å². The van der Waals surface area contributed by atoms with E-state index in [0.29, 0.717) is 0 Å². The van der Waals surface area contributed by atoms with Gasteiger partial charge >= 0.3 is 0 Å². The second-order valence-corrected chi connectivity index (χ2v) is 4.83. The predicted octanol–water partition coefficient (Wildman–Crippen LogP) is 1.32. The summed E-state index contributed by atoms with van der Waals surface area (Å²) in [6.45, 7) is 6.37. The second kappa shape index (κ2) is 6.38. The van der Waals surface area contributed by atoms with Gasteiger partial charge in [-0.3, -0.25) is 9.58 Å². The van der Waals surface area contributed by atoms with E-state index < -0.39 is 0 Å². The van der Waals surface area contributed by atoms with Gasteiger partial charge in [-0.1, -0.05) is 0 Å². The lowest BCUT2D eigenvalue weighted by molar-refractivity contribution is 0.180. The molecule has 1 fully saturated rings. The Balaban J connectivity index is 0.00000144. The van der Waals surface area contributed by atoms with Crippen molar-refractivity contribution in [3.8, 4) is 0 Å². The van der Waals surface area contributed by atoms with Gasteiger partial charge in [-0.15, -0.1) is 12.4 Å². The van der Waals surface area contributed by atoms with E-state index in [1.54, 1.807) is 0 Å². The Morgan fingerprint density at radius 2 is 2.06 bits per heavy atom. The van der Waals surface area contributed by atoms with Crippen LogP contribution in [0.15, 0.2) is 6.20 Å². The van der Waals surface area contributed by atoms with E-state index >= 15 is 0 Å². The number of likely N-dealkylation sites (tertiary alicyclic amines) is 1.